The second-order valence-corrected chi connectivity index (χ2v) is 4.66. The highest BCUT2D eigenvalue weighted by molar-refractivity contribution is 6.30. The third kappa shape index (κ3) is 4.21. The normalized spacial score (nSPS) is 13.0. The van der Waals surface area contributed by atoms with E-state index in [1.807, 2.05) is 7.05 Å². The van der Waals surface area contributed by atoms with Gasteiger partial charge in [-0.25, -0.2) is 4.39 Å². The molecule has 0 heterocycles. The zero-order valence-corrected chi connectivity index (χ0v) is 11.6. The Kier molecular flexibility index (Phi) is 6.57. The van der Waals surface area contributed by atoms with E-state index in [1.165, 1.54) is 6.07 Å². The first-order chi connectivity index (χ1) is 8.60. The maximum absolute atomic E-state index is 13.1. The Hall–Kier alpha value is -0.680. The molecule has 0 spiro atoms. The predicted octanol–water partition coefficient (Wildman–Crippen LogP) is 2.45. The van der Waals surface area contributed by atoms with Crippen molar-refractivity contribution in [3.05, 3.63) is 34.6 Å². The van der Waals surface area contributed by atoms with Crippen LogP contribution in [0.25, 0.3) is 0 Å². The minimum Gasteiger partial charge on any atom is -0.385 e. The number of nitrogens with two attached hydrogens (primary N) is 1. The fraction of sp³-hybridized carbons (Fsp3) is 0.538. The molecule has 0 bridgehead atoms. The van der Waals surface area contributed by atoms with E-state index in [-0.39, 0.29) is 11.1 Å². The molecule has 0 aromatic heterocycles. The highest BCUT2D eigenvalue weighted by Gasteiger charge is 2.16. The number of rotatable bonds is 7. The molecule has 0 aliphatic rings. The summed E-state index contributed by atoms with van der Waals surface area (Å²) in [5, 5.41) is 0.135. The lowest BCUT2D eigenvalue weighted by Crippen LogP contribution is -2.31. The lowest BCUT2D eigenvalue weighted by molar-refractivity contribution is 0.166. The van der Waals surface area contributed by atoms with Crippen LogP contribution in [0.2, 0.25) is 5.02 Å². The van der Waals surface area contributed by atoms with Crippen molar-refractivity contribution in [3.8, 4) is 0 Å². The number of ether oxygens (including phenoxy) is 1. The molecular weight excluding hydrogens is 255 g/mol. The first kappa shape index (κ1) is 15.4. The Balaban J connectivity index is 2.72. The molecule has 1 aromatic carbocycles. The third-order valence-corrected chi connectivity index (χ3v) is 3.23. The Bertz CT molecular complexity index is 376. The molecule has 1 atom stereocenters. The lowest BCUT2D eigenvalue weighted by atomic mass is 10.1. The molecular formula is C13H20ClFN2O. The molecule has 0 saturated carbocycles. The Morgan fingerprint density at radius 3 is 2.78 bits per heavy atom. The second kappa shape index (κ2) is 7.69. The monoisotopic (exact) mass is 274 g/mol. The number of benzene rings is 1. The number of methoxy groups -OCH3 is 1. The summed E-state index contributed by atoms with van der Waals surface area (Å²) in [7, 11) is 3.67. The van der Waals surface area contributed by atoms with E-state index in [2.05, 4.69) is 4.90 Å². The van der Waals surface area contributed by atoms with Gasteiger partial charge >= 0.3 is 0 Å². The van der Waals surface area contributed by atoms with Crippen molar-refractivity contribution in [3.63, 3.8) is 0 Å². The summed E-state index contributed by atoms with van der Waals surface area (Å²) < 4.78 is 18.1. The van der Waals surface area contributed by atoms with Crippen molar-refractivity contribution in [2.45, 2.75) is 12.5 Å². The average molecular weight is 275 g/mol. The molecule has 5 heteroatoms. The van der Waals surface area contributed by atoms with Gasteiger partial charge in [0.1, 0.15) is 5.82 Å². The first-order valence-corrected chi connectivity index (χ1v) is 6.32. The molecule has 3 nitrogen and oxygen atoms in total. The largest absolute Gasteiger partial charge is 0.385 e. The smallest absolute Gasteiger partial charge is 0.141 e. The van der Waals surface area contributed by atoms with Crippen LogP contribution in [0.4, 0.5) is 4.39 Å². The quantitative estimate of drug-likeness (QED) is 0.776. The van der Waals surface area contributed by atoms with Crippen LogP contribution in [0.3, 0.4) is 0 Å². The zero-order valence-electron chi connectivity index (χ0n) is 10.8. The van der Waals surface area contributed by atoms with Crippen molar-refractivity contribution < 1.29 is 9.13 Å². The molecule has 0 aliphatic heterocycles. The minimum atomic E-state index is -0.404. The number of likely N-dealkylation sites (N-methyl/N-ethyl adjacent to an activating group) is 1. The van der Waals surface area contributed by atoms with E-state index in [4.69, 9.17) is 22.1 Å². The maximum Gasteiger partial charge on any atom is 0.141 e. The molecule has 1 aromatic rings. The summed E-state index contributed by atoms with van der Waals surface area (Å²) in [4.78, 5) is 2.13. The van der Waals surface area contributed by atoms with Crippen molar-refractivity contribution >= 4 is 11.6 Å². The van der Waals surface area contributed by atoms with E-state index in [1.54, 1.807) is 19.2 Å². The van der Waals surface area contributed by atoms with Gasteiger partial charge in [0.2, 0.25) is 0 Å². The van der Waals surface area contributed by atoms with Crippen LogP contribution < -0.4 is 5.73 Å². The van der Waals surface area contributed by atoms with Gasteiger partial charge in [-0.3, -0.25) is 4.90 Å². The van der Waals surface area contributed by atoms with Crippen LogP contribution in [-0.4, -0.2) is 38.8 Å². The van der Waals surface area contributed by atoms with Crippen molar-refractivity contribution in [2.24, 2.45) is 5.73 Å². The van der Waals surface area contributed by atoms with Gasteiger partial charge in [-0.05, 0) is 31.2 Å². The maximum atomic E-state index is 13.1. The predicted molar refractivity (Wildman–Crippen MR) is 72.3 cm³/mol. The van der Waals surface area contributed by atoms with Gasteiger partial charge < -0.3 is 10.5 Å². The van der Waals surface area contributed by atoms with Crippen LogP contribution in [0.15, 0.2) is 18.2 Å². The number of nitrogens with zero attached hydrogens (tertiary/aromatic N) is 1. The molecule has 2 N–H and O–H groups in total. The topological polar surface area (TPSA) is 38.5 Å². The molecule has 1 rings (SSSR count). The van der Waals surface area contributed by atoms with Crippen molar-refractivity contribution in [2.75, 3.05) is 33.9 Å². The summed E-state index contributed by atoms with van der Waals surface area (Å²) in [6.45, 7) is 2.04. The average Bonchev–Trinajstić information content (AvgIpc) is 2.35. The molecule has 1 unspecified atom stereocenters. The van der Waals surface area contributed by atoms with E-state index in [9.17, 15) is 4.39 Å². The van der Waals surface area contributed by atoms with E-state index in [0.717, 1.165) is 18.5 Å². The Morgan fingerprint density at radius 2 is 2.22 bits per heavy atom. The first-order valence-electron chi connectivity index (χ1n) is 5.94. The van der Waals surface area contributed by atoms with Gasteiger partial charge in [0.15, 0.2) is 0 Å². The van der Waals surface area contributed by atoms with Gasteiger partial charge in [0.05, 0.1) is 5.02 Å². The summed E-state index contributed by atoms with van der Waals surface area (Å²) in [6.07, 6.45) is 0.929. The second-order valence-electron chi connectivity index (χ2n) is 4.25. The van der Waals surface area contributed by atoms with Crippen LogP contribution in [0.1, 0.15) is 18.0 Å². The molecule has 102 valence electrons. The molecule has 0 saturated heterocycles. The summed E-state index contributed by atoms with van der Waals surface area (Å²) in [6, 6.07) is 4.79. The summed E-state index contributed by atoms with van der Waals surface area (Å²) in [5.41, 5.74) is 6.72. The molecule has 0 amide bonds. The van der Waals surface area contributed by atoms with E-state index >= 15 is 0 Å². The molecule has 0 aliphatic carbocycles. The van der Waals surface area contributed by atoms with Gasteiger partial charge in [0, 0.05) is 32.8 Å². The summed E-state index contributed by atoms with van der Waals surface area (Å²) in [5.74, 6) is -0.404. The summed E-state index contributed by atoms with van der Waals surface area (Å²) >= 11 is 5.79. The van der Waals surface area contributed by atoms with Crippen molar-refractivity contribution in [1.29, 1.82) is 0 Å². The lowest BCUT2D eigenvalue weighted by Gasteiger charge is -2.27. The number of hydrogen-bond donors (Lipinski definition) is 1. The van der Waals surface area contributed by atoms with Gasteiger partial charge in [-0.15, -0.1) is 0 Å². The number of hydrogen-bond acceptors (Lipinski definition) is 3. The van der Waals surface area contributed by atoms with Gasteiger partial charge in [-0.2, -0.15) is 0 Å². The fourth-order valence-corrected chi connectivity index (χ4v) is 2.09. The zero-order chi connectivity index (χ0) is 13.5. The van der Waals surface area contributed by atoms with E-state index < -0.39 is 5.82 Å². The SMILES string of the molecule is COCCCN(C)C(CN)c1ccc(F)c(Cl)c1. The Labute approximate surface area is 113 Å². The standard InChI is InChI=1S/C13H20ClFN2O/c1-17(6-3-7-18-2)13(9-16)10-4-5-12(15)11(14)8-10/h4-5,8,13H,3,6-7,9,16H2,1-2H3. The van der Waals surface area contributed by atoms with Gasteiger partial charge in [-0.1, -0.05) is 17.7 Å². The highest BCUT2D eigenvalue weighted by Crippen LogP contribution is 2.23. The Morgan fingerprint density at radius 1 is 1.50 bits per heavy atom. The third-order valence-electron chi connectivity index (χ3n) is 2.94. The van der Waals surface area contributed by atoms with Crippen LogP contribution >= 0.6 is 11.6 Å². The molecule has 18 heavy (non-hydrogen) atoms. The minimum absolute atomic E-state index is 0.0416. The molecule has 0 radical (unpaired) electrons. The van der Waals surface area contributed by atoms with Gasteiger partial charge in [0.25, 0.3) is 0 Å². The molecule has 0 fully saturated rings. The van der Waals surface area contributed by atoms with E-state index in [0.29, 0.717) is 13.2 Å². The highest BCUT2D eigenvalue weighted by atomic mass is 35.5. The fourth-order valence-electron chi connectivity index (χ4n) is 1.90. The van der Waals surface area contributed by atoms with Crippen molar-refractivity contribution in [1.82, 2.24) is 4.90 Å². The van der Waals surface area contributed by atoms with Crippen LogP contribution in [0.5, 0.6) is 0 Å². The van der Waals surface area contributed by atoms with Crippen LogP contribution in [0, 0.1) is 5.82 Å². The number of halogens is 2. The van der Waals surface area contributed by atoms with Crippen LogP contribution in [-0.2, 0) is 4.74 Å².